The van der Waals surface area contributed by atoms with E-state index in [-0.39, 0.29) is 6.61 Å². The molecule has 0 bridgehead atoms. The van der Waals surface area contributed by atoms with Crippen LogP contribution in [0.15, 0.2) is 0 Å². The van der Waals surface area contributed by atoms with Crippen LogP contribution in [-0.2, 0) is 0 Å². The maximum atomic E-state index is 8.79. The van der Waals surface area contributed by atoms with Gasteiger partial charge < -0.3 is 21.1 Å². The van der Waals surface area contributed by atoms with Gasteiger partial charge in [0, 0.05) is 7.11 Å². The van der Waals surface area contributed by atoms with E-state index >= 15 is 0 Å². The van der Waals surface area contributed by atoms with Crippen LogP contribution >= 0.6 is 0 Å². The molecule has 0 saturated heterocycles. The zero-order chi connectivity index (χ0) is 11.1. The molecule has 0 aromatic heterocycles. The lowest BCUT2D eigenvalue weighted by Gasteiger charge is -2.04. The van der Waals surface area contributed by atoms with Crippen LogP contribution < -0.4 is 5.73 Å². The molecule has 5 N–H and O–H groups in total. The molecule has 0 aromatic rings. The third kappa shape index (κ3) is 24.5. The van der Waals surface area contributed by atoms with Crippen molar-refractivity contribution >= 4 is 0 Å². The fraction of sp³-hybridized carbons (Fsp3) is 1.00. The summed E-state index contributed by atoms with van der Waals surface area (Å²) in [6.45, 7) is 4.53. The molecule has 0 amide bonds. The van der Waals surface area contributed by atoms with Crippen LogP contribution in [0.25, 0.3) is 0 Å². The molecule has 0 aliphatic heterocycles. The van der Waals surface area contributed by atoms with Crippen molar-refractivity contribution in [1.29, 1.82) is 0 Å². The summed E-state index contributed by atoms with van der Waals surface area (Å²) >= 11 is 0. The quantitative estimate of drug-likeness (QED) is 0.469. The van der Waals surface area contributed by atoms with Crippen molar-refractivity contribution in [3.8, 4) is 0 Å². The molecule has 1 atom stereocenters. The molecule has 4 heteroatoms. The van der Waals surface area contributed by atoms with Gasteiger partial charge in [0.1, 0.15) is 0 Å². The Balaban J connectivity index is -0.000000218. The van der Waals surface area contributed by atoms with Gasteiger partial charge in [-0.25, -0.2) is 0 Å². The monoisotopic (exact) mass is 195 g/mol. The first kappa shape index (κ1) is 18.6. The molecule has 4 nitrogen and oxygen atoms in total. The molecule has 1 unspecified atom stereocenters. The standard InChI is InChI=1S/C6H15NO2.C2H6.CH4O/c7-4-2-1-3-6(9)5-8;2*1-2/h6,8-9H,1-5,7H2;1-2H3;2H,1H3. The first-order valence-electron chi connectivity index (χ1n) is 4.75. The van der Waals surface area contributed by atoms with E-state index in [2.05, 4.69) is 0 Å². The minimum atomic E-state index is -0.545. The van der Waals surface area contributed by atoms with Crippen molar-refractivity contribution < 1.29 is 15.3 Å². The summed E-state index contributed by atoms with van der Waals surface area (Å²) in [5.41, 5.74) is 5.21. The predicted molar refractivity (Wildman–Crippen MR) is 55.5 cm³/mol. The lowest BCUT2D eigenvalue weighted by atomic mass is 10.2. The Morgan fingerprint density at radius 1 is 1.15 bits per heavy atom. The Morgan fingerprint density at radius 2 is 1.62 bits per heavy atom. The molecule has 0 aromatic carbocycles. The first-order valence-corrected chi connectivity index (χ1v) is 4.75. The molecule has 0 aliphatic carbocycles. The number of hydrogen-bond acceptors (Lipinski definition) is 4. The molecule has 0 aliphatic rings. The van der Waals surface area contributed by atoms with Gasteiger partial charge in [-0.3, -0.25) is 0 Å². The van der Waals surface area contributed by atoms with Gasteiger partial charge in [-0.2, -0.15) is 0 Å². The second-order valence-corrected chi connectivity index (χ2v) is 2.12. The number of unbranched alkanes of at least 4 members (excludes halogenated alkanes) is 1. The SMILES string of the molecule is CC.CO.NCCCCC(O)CO. The molecule has 0 heterocycles. The Kier molecular flexibility index (Phi) is 32.4. The van der Waals surface area contributed by atoms with Crippen LogP contribution in [0.4, 0.5) is 0 Å². The van der Waals surface area contributed by atoms with Gasteiger partial charge in [0.25, 0.3) is 0 Å². The fourth-order valence-corrected chi connectivity index (χ4v) is 0.616. The van der Waals surface area contributed by atoms with E-state index < -0.39 is 6.10 Å². The third-order valence-electron chi connectivity index (χ3n) is 1.20. The Bertz CT molecular complexity index is 62.8. The van der Waals surface area contributed by atoms with Gasteiger partial charge in [-0.05, 0) is 25.8 Å². The van der Waals surface area contributed by atoms with Crippen LogP contribution in [0.5, 0.6) is 0 Å². The minimum Gasteiger partial charge on any atom is -0.400 e. The summed E-state index contributed by atoms with van der Waals surface area (Å²) < 4.78 is 0. The Labute approximate surface area is 81.4 Å². The highest BCUT2D eigenvalue weighted by molar-refractivity contribution is 4.52. The zero-order valence-electron chi connectivity index (χ0n) is 9.03. The number of aliphatic hydroxyl groups excluding tert-OH is 3. The van der Waals surface area contributed by atoms with Crippen LogP contribution in [0, 0.1) is 0 Å². The zero-order valence-corrected chi connectivity index (χ0v) is 9.03. The van der Waals surface area contributed by atoms with Crippen LogP contribution in [-0.4, -0.2) is 41.7 Å². The fourth-order valence-electron chi connectivity index (χ4n) is 0.616. The molecular formula is C9H25NO3. The van der Waals surface area contributed by atoms with E-state index in [0.717, 1.165) is 20.0 Å². The number of nitrogens with two attached hydrogens (primary N) is 1. The van der Waals surface area contributed by atoms with Crippen molar-refractivity contribution in [2.75, 3.05) is 20.3 Å². The second-order valence-electron chi connectivity index (χ2n) is 2.12. The van der Waals surface area contributed by atoms with Crippen LogP contribution in [0.1, 0.15) is 33.1 Å². The Hall–Kier alpha value is -0.160. The van der Waals surface area contributed by atoms with Crippen molar-refractivity contribution in [2.45, 2.75) is 39.2 Å². The smallest absolute Gasteiger partial charge is 0.0770 e. The van der Waals surface area contributed by atoms with Crippen molar-refractivity contribution in [3.63, 3.8) is 0 Å². The van der Waals surface area contributed by atoms with E-state index in [9.17, 15) is 0 Å². The normalized spacial score (nSPS) is 10.4. The van der Waals surface area contributed by atoms with E-state index in [4.69, 9.17) is 21.1 Å². The van der Waals surface area contributed by atoms with Crippen molar-refractivity contribution in [1.82, 2.24) is 0 Å². The highest BCUT2D eigenvalue weighted by Crippen LogP contribution is 1.97. The Morgan fingerprint density at radius 3 is 1.92 bits per heavy atom. The summed E-state index contributed by atoms with van der Waals surface area (Å²) in [5.74, 6) is 0. The largest absolute Gasteiger partial charge is 0.400 e. The summed E-state index contributed by atoms with van der Waals surface area (Å²) in [7, 11) is 1.00. The number of hydrogen-bond donors (Lipinski definition) is 4. The summed E-state index contributed by atoms with van der Waals surface area (Å²) in [6, 6.07) is 0. The molecule has 84 valence electrons. The first-order chi connectivity index (χ1) is 6.31. The predicted octanol–water partition coefficient (Wildman–Crippen LogP) is 0.103. The summed E-state index contributed by atoms with van der Waals surface area (Å²) in [4.78, 5) is 0. The lowest BCUT2D eigenvalue weighted by molar-refractivity contribution is 0.0863. The van der Waals surface area contributed by atoms with Gasteiger partial charge in [-0.15, -0.1) is 0 Å². The van der Waals surface area contributed by atoms with E-state index in [1.165, 1.54) is 0 Å². The van der Waals surface area contributed by atoms with Gasteiger partial charge in [-0.1, -0.05) is 13.8 Å². The number of aliphatic hydroxyl groups is 3. The van der Waals surface area contributed by atoms with Crippen molar-refractivity contribution in [2.24, 2.45) is 5.73 Å². The second kappa shape index (κ2) is 22.6. The van der Waals surface area contributed by atoms with Gasteiger partial charge >= 0.3 is 0 Å². The van der Waals surface area contributed by atoms with Gasteiger partial charge in [0.05, 0.1) is 12.7 Å². The van der Waals surface area contributed by atoms with E-state index in [1.807, 2.05) is 13.8 Å². The molecule has 0 radical (unpaired) electrons. The molecule has 0 rings (SSSR count). The molecule has 0 spiro atoms. The number of rotatable bonds is 5. The van der Waals surface area contributed by atoms with Crippen LogP contribution in [0.3, 0.4) is 0 Å². The van der Waals surface area contributed by atoms with E-state index in [0.29, 0.717) is 13.0 Å². The highest BCUT2D eigenvalue weighted by Gasteiger charge is 1.98. The summed E-state index contributed by atoms with van der Waals surface area (Å²) in [5, 5.41) is 24.1. The molecule has 13 heavy (non-hydrogen) atoms. The molecule has 0 saturated carbocycles. The third-order valence-corrected chi connectivity index (χ3v) is 1.20. The maximum absolute atomic E-state index is 8.79. The van der Waals surface area contributed by atoms with E-state index in [1.54, 1.807) is 0 Å². The van der Waals surface area contributed by atoms with Crippen molar-refractivity contribution in [3.05, 3.63) is 0 Å². The molecule has 0 fully saturated rings. The molecular weight excluding hydrogens is 170 g/mol. The maximum Gasteiger partial charge on any atom is 0.0770 e. The highest BCUT2D eigenvalue weighted by atomic mass is 16.3. The lowest BCUT2D eigenvalue weighted by Crippen LogP contribution is -2.12. The average Bonchev–Trinajstić information content (AvgIpc) is 2.24. The van der Waals surface area contributed by atoms with Gasteiger partial charge in [0.2, 0.25) is 0 Å². The minimum absolute atomic E-state index is 0.134. The topological polar surface area (TPSA) is 86.7 Å². The van der Waals surface area contributed by atoms with Gasteiger partial charge in [0.15, 0.2) is 0 Å². The van der Waals surface area contributed by atoms with Crippen LogP contribution in [0.2, 0.25) is 0 Å². The average molecular weight is 195 g/mol. The summed E-state index contributed by atoms with van der Waals surface area (Å²) in [6.07, 6.45) is 1.94.